The number of hydrogen-bond donors (Lipinski definition) is 1. The predicted octanol–water partition coefficient (Wildman–Crippen LogP) is 4.67. The van der Waals surface area contributed by atoms with E-state index in [0.717, 1.165) is 11.1 Å². The maximum absolute atomic E-state index is 12.3. The molecular formula is C24H22O5. The summed E-state index contributed by atoms with van der Waals surface area (Å²) in [6.45, 7) is 1.99. The van der Waals surface area contributed by atoms with Gasteiger partial charge in [-0.15, -0.1) is 0 Å². The molecule has 3 rings (SSSR count). The minimum atomic E-state index is -1.03. The summed E-state index contributed by atoms with van der Waals surface area (Å²) in [4.78, 5) is 23.6. The topological polar surface area (TPSA) is 72.8 Å². The van der Waals surface area contributed by atoms with Gasteiger partial charge >= 0.3 is 5.97 Å². The molecule has 0 spiro atoms. The maximum Gasteiger partial charge on any atom is 0.307 e. The number of rotatable bonds is 9. The highest BCUT2D eigenvalue weighted by atomic mass is 16.5. The Morgan fingerprint density at radius 3 is 1.90 bits per heavy atom. The van der Waals surface area contributed by atoms with Crippen LogP contribution in [0.2, 0.25) is 0 Å². The number of carboxylic acid groups (broad SMARTS) is 1. The Hall–Kier alpha value is -3.60. The van der Waals surface area contributed by atoms with Crippen LogP contribution in [0.1, 0.15) is 34.0 Å². The quantitative estimate of drug-likeness (QED) is 0.537. The van der Waals surface area contributed by atoms with Crippen molar-refractivity contribution in [3.63, 3.8) is 0 Å². The van der Waals surface area contributed by atoms with Crippen molar-refractivity contribution < 1.29 is 24.2 Å². The van der Waals surface area contributed by atoms with E-state index in [1.807, 2.05) is 60.7 Å². The molecule has 148 valence electrons. The van der Waals surface area contributed by atoms with E-state index in [4.69, 9.17) is 9.47 Å². The largest absolute Gasteiger partial charge is 0.489 e. The Bertz CT molecular complexity index is 981. The molecule has 0 heterocycles. The van der Waals surface area contributed by atoms with Gasteiger partial charge in [0.15, 0.2) is 5.78 Å². The van der Waals surface area contributed by atoms with Gasteiger partial charge in [-0.2, -0.15) is 0 Å². The molecule has 1 N–H and O–H groups in total. The van der Waals surface area contributed by atoms with E-state index < -0.39 is 5.97 Å². The van der Waals surface area contributed by atoms with Crippen LogP contribution in [0.5, 0.6) is 11.5 Å². The zero-order valence-corrected chi connectivity index (χ0v) is 16.1. The zero-order chi connectivity index (χ0) is 20.6. The fraction of sp³-hybridized carbons (Fsp3) is 0.167. The number of benzene rings is 3. The number of ketones is 1. The molecular weight excluding hydrogens is 368 g/mol. The van der Waals surface area contributed by atoms with Crippen molar-refractivity contribution in [2.75, 3.05) is 0 Å². The second kappa shape index (κ2) is 9.55. The van der Waals surface area contributed by atoms with Gasteiger partial charge in [-0.25, -0.2) is 0 Å². The number of hydrogen-bond acceptors (Lipinski definition) is 4. The summed E-state index contributed by atoms with van der Waals surface area (Å²) >= 11 is 0. The van der Waals surface area contributed by atoms with Crippen LogP contribution < -0.4 is 9.47 Å². The molecule has 0 unspecified atom stereocenters. The standard InChI is InChI=1S/C24H22O5/c1-17(25)24-20(13-23(26)27)12-21(28-15-18-8-4-2-5-9-18)14-22(24)29-16-19-10-6-3-7-11-19/h2-12,14H,13,15-16H2,1H3,(H,26,27). The summed E-state index contributed by atoms with van der Waals surface area (Å²) in [5.74, 6) is -0.498. The first-order valence-electron chi connectivity index (χ1n) is 9.26. The van der Waals surface area contributed by atoms with Gasteiger partial charge in [-0.3, -0.25) is 9.59 Å². The van der Waals surface area contributed by atoms with E-state index in [1.54, 1.807) is 12.1 Å². The minimum absolute atomic E-state index is 0.251. The second-order valence-electron chi connectivity index (χ2n) is 6.63. The molecule has 0 bridgehead atoms. The first-order chi connectivity index (χ1) is 14.0. The van der Waals surface area contributed by atoms with Gasteiger partial charge in [0.25, 0.3) is 0 Å². The molecule has 5 nitrogen and oxygen atoms in total. The minimum Gasteiger partial charge on any atom is -0.489 e. The third kappa shape index (κ3) is 5.69. The smallest absolute Gasteiger partial charge is 0.307 e. The highest BCUT2D eigenvalue weighted by Crippen LogP contribution is 2.31. The molecule has 0 amide bonds. The average Bonchev–Trinajstić information content (AvgIpc) is 2.71. The number of ether oxygens (including phenoxy) is 2. The van der Waals surface area contributed by atoms with E-state index in [2.05, 4.69) is 0 Å². The van der Waals surface area contributed by atoms with E-state index in [1.165, 1.54) is 6.92 Å². The molecule has 0 saturated carbocycles. The van der Waals surface area contributed by atoms with Gasteiger partial charge < -0.3 is 14.6 Å². The highest BCUT2D eigenvalue weighted by molar-refractivity contribution is 5.99. The molecule has 0 saturated heterocycles. The molecule has 29 heavy (non-hydrogen) atoms. The lowest BCUT2D eigenvalue weighted by Crippen LogP contribution is -2.10. The highest BCUT2D eigenvalue weighted by Gasteiger charge is 2.19. The fourth-order valence-electron chi connectivity index (χ4n) is 3.02. The van der Waals surface area contributed by atoms with Crippen LogP contribution in [0.25, 0.3) is 0 Å². The van der Waals surface area contributed by atoms with Crippen molar-refractivity contribution in [3.05, 3.63) is 95.1 Å². The summed E-state index contributed by atoms with van der Waals surface area (Å²) in [5, 5.41) is 9.28. The van der Waals surface area contributed by atoms with Gasteiger partial charge in [0.2, 0.25) is 0 Å². The number of carboxylic acids is 1. The summed E-state index contributed by atoms with van der Waals surface area (Å²) in [5.41, 5.74) is 2.57. The predicted molar refractivity (Wildman–Crippen MR) is 109 cm³/mol. The van der Waals surface area contributed by atoms with Crippen molar-refractivity contribution in [2.45, 2.75) is 26.6 Å². The van der Waals surface area contributed by atoms with Gasteiger partial charge in [-0.1, -0.05) is 60.7 Å². The third-order valence-corrected chi connectivity index (χ3v) is 4.34. The molecule has 3 aromatic rings. The fourth-order valence-corrected chi connectivity index (χ4v) is 3.02. The summed E-state index contributed by atoms with van der Waals surface area (Å²) in [6.07, 6.45) is -0.293. The Kier molecular flexibility index (Phi) is 6.63. The van der Waals surface area contributed by atoms with E-state index in [-0.39, 0.29) is 24.4 Å². The van der Waals surface area contributed by atoms with Crippen LogP contribution in [0.3, 0.4) is 0 Å². The Morgan fingerprint density at radius 2 is 1.38 bits per heavy atom. The van der Waals surface area contributed by atoms with Crippen molar-refractivity contribution in [1.29, 1.82) is 0 Å². The molecule has 0 fully saturated rings. The van der Waals surface area contributed by atoms with Crippen LogP contribution in [-0.4, -0.2) is 16.9 Å². The molecule has 0 aliphatic rings. The van der Waals surface area contributed by atoms with Crippen molar-refractivity contribution in [2.24, 2.45) is 0 Å². The number of Topliss-reactive ketones (excluding diaryl/α,β-unsaturated/α-hetero) is 1. The lowest BCUT2D eigenvalue weighted by atomic mass is 9.99. The maximum atomic E-state index is 12.3. The number of carbonyl (C=O) groups excluding carboxylic acids is 1. The second-order valence-corrected chi connectivity index (χ2v) is 6.63. The van der Waals surface area contributed by atoms with Crippen molar-refractivity contribution >= 4 is 11.8 Å². The Morgan fingerprint density at radius 1 is 0.828 bits per heavy atom. The monoisotopic (exact) mass is 390 g/mol. The molecule has 0 aliphatic heterocycles. The molecule has 0 radical (unpaired) electrons. The van der Waals surface area contributed by atoms with Gasteiger partial charge in [-0.05, 0) is 29.7 Å². The summed E-state index contributed by atoms with van der Waals surface area (Å²) in [7, 11) is 0. The summed E-state index contributed by atoms with van der Waals surface area (Å²) < 4.78 is 11.8. The molecule has 3 aromatic carbocycles. The van der Waals surface area contributed by atoms with Crippen molar-refractivity contribution in [3.8, 4) is 11.5 Å². The average molecular weight is 390 g/mol. The third-order valence-electron chi connectivity index (χ3n) is 4.34. The lowest BCUT2D eigenvalue weighted by Gasteiger charge is -2.16. The van der Waals surface area contributed by atoms with Gasteiger partial charge in [0, 0.05) is 6.07 Å². The molecule has 0 aromatic heterocycles. The summed E-state index contributed by atoms with van der Waals surface area (Å²) in [6, 6.07) is 22.4. The number of aliphatic carboxylic acids is 1. The van der Waals surface area contributed by atoms with E-state index in [0.29, 0.717) is 23.7 Å². The van der Waals surface area contributed by atoms with Crippen LogP contribution >= 0.6 is 0 Å². The first kappa shape index (κ1) is 20.1. The van der Waals surface area contributed by atoms with Crippen molar-refractivity contribution in [1.82, 2.24) is 0 Å². The Balaban J connectivity index is 1.91. The van der Waals surface area contributed by atoms with Gasteiger partial charge in [0.05, 0.1) is 12.0 Å². The van der Waals surface area contributed by atoms with Crippen LogP contribution in [0, 0.1) is 0 Å². The lowest BCUT2D eigenvalue weighted by molar-refractivity contribution is -0.136. The molecule has 0 aliphatic carbocycles. The number of carbonyl (C=O) groups is 2. The SMILES string of the molecule is CC(=O)c1c(CC(=O)O)cc(OCc2ccccc2)cc1OCc1ccccc1. The molecule has 0 atom stereocenters. The van der Waals surface area contributed by atoms with E-state index >= 15 is 0 Å². The first-order valence-corrected chi connectivity index (χ1v) is 9.26. The van der Waals surface area contributed by atoms with Gasteiger partial charge in [0.1, 0.15) is 24.7 Å². The van der Waals surface area contributed by atoms with Crippen LogP contribution in [0.4, 0.5) is 0 Å². The molecule has 5 heteroatoms. The van der Waals surface area contributed by atoms with Crippen LogP contribution in [0.15, 0.2) is 72.8 Å². The van der Waals surface area contributed by atoms with Crippen LogP contribution in [-0.2, 0) is 24.4 Å². The zero-order valence-electron chi connectivity index (χ0n) is 16.1. The van der Waals surface area contributed by atoms with E-state index in [9.17, 15) is 14.7 Å². The normalized spacial score (nSPS) is 10.4. The Labute approximate surface area is 169 Å².